The molecule has 9 heteroatoms. The lowest BCUT2D eigenvalue weighted by atomic mass is 9.99. The van der Waals surface area contributed by atoms with Crippen molar-refractivity contribution in [1.82, 2.24) is 19.5 Å². The summed E-state index contributed by atoms with van der Waals surface area (Å²) in [4.78, 5) is 13.5. The number of nitrogens with two attached hydrogens (primary N) is 1. The SMILES string of the molecule is CCCCOc1nc(N)c2nc(OC)n(C(CCC3CCCO3)C3CCCO3)c2n1. The summed E-state index contributed by atoms with van der Waals surface area (Å²) in [5, 5.41) is 0. The molecule has 2 fully saturated rings. The van der Waals surface area contributed by atoms with Gasteiger partial charge in [-0.05, 0) is 44.9 Å². The van der Waals surface area contributed by atoms with Crippen molar-refractivity contribution in [2.75, 3.05) is 32.7 Å². The van der Waals surface area contributed by atoms with E-state index < -0.39 is 0 Å². The molecule has 0 aromatic carbocycles. The molecule has 0 radical (unpaired) electrons. The molecule has 0 amide bonds. The Bertz CT molecular complexity index is 830. The van der Waals surface area contributed by atoms with Crippen LogP contribution in [0.25, 0.3) is 11.2 Å². The van der Waals surface area contributed by atoms with Gasteiger partial charge in [0.2, 0.25) is 0 Å². The molecule has 0 bridgehead atoms. The van der Waals surface area contributed by atoms with Crippen LogP contribution in [0.5, 0.6) is 12.0 Å². The first kappa shape index (κ1) is 21.1. The van der Waals surface area contributed by atoms with E-state index in [0.717, 1.165) is 64.6 Å². The van der Waals surface area contributed by atoms with Gasteiger partial charge in [0.1, 0.15) is 0 Å². The van der Waals surface area contributed by atoms with Crippen LogP contribution in [0.15, 0.2) is 0 Å². The molecule has 3 atom stereocenters. The van der Waals surface area contributed by atoms with Crippen LogP contribution in [0, 0.1) is 0 Å². The van der Waals surface area contributed by atoms with E-state index in [-0.39, 0.29) is 18.2 Å². The maximum absolute atomic E-state index is 6.21. The zero-order valence-electron chi connectivity index (χ0n) is 18.0. The molecule has 2 aromatic rings. The van der Waals surface area contributed by atoms with Crippen LogP contribution in [-0.4, -0.2) is 58.7 Å². The number of methoxy groups -OCH3 is 1. The van der Waals surface area contributed by atoms with E-state index in [1.807, 2.05) is 4.57 Å². The standard InChI is InChI=1S/C21H33N5O4/c1-3-4-11-30-20-24-18(22)17-19(25-20)26(21(23-17)27-2)15(16-8-6-13-29-16)10-9-14-7-5-12-28-14/h14-16H,3-13H2,1-2H3,(H2,22,24,25). The Morgan fingerprint density at radius 2 is 2.00 bits per heavy atom. The molecule has 3 unspecified atom stereocenters. The summed E-state index contributed by atoms with van der Waals surface area (Å²) in [6.45, 7) is 4.30. The Morgan fingerprint density at radius 3 is 2.70 bits per heavy atom. The minimum Gasteiger partial charge on any atom is -0.468 e. The largest absolute Gasteiger partial charge is 0.468 e. The van der Waals surface area contributed by atoms with Gasteiger partial charge in [-0.15, -0.1) is 0 Å². The lowest BCUT2D eigenvalue weighted by Crippen LogP contribution is -2.26. The first-order valence-corrected chi connectivity index (χ1v) is 11.2. The van der Waals surface area contributed by atoms with Crippen molar-refractivity contribution in [2.24, 2.45) is 0 Å². The van der Waals surface area contributed by atoms with Gasteiger partial charge in [-0.2, -0.15) is 15.0 Å². The Morgan fingerprint density at radius 1 is 1.17 bits per heavy atom. The van der Waals surface area contributed by atoms with Gasteiger partial charge in [-0.3, -0.25) is 4.57 Å². The van der Waals surface area contributed by atoms with Crippen LogP contribution in [0.4, 0.5) is 5.82 Å². The quantitative estimate of drug-likeness (QED) is 0.585. The molecule has 166 valence electrons. The summed E-state index contributed by atoms with van der Waals surface area (Å²) in [5.41, 5.74) is 7.39. The van der Waals surface area contributed by atoms with Crippen molar-refractivity contribution >= 4 is 17.0 Å². The van der Waals surface area contributed by atoms with Crippen molar-refractivity contribution in [3.63, 3.8) is 0 Å². The van der Waals surface area contributed by atoms with Crippen LogP contribution in [0.2, 0.25) is 0 Å². The zero-order chi connectivity index (χ0) is 20.9. The average molecular weight is 420 g/mol. The summed E-state index contributed by atoms with van der Waals surface area (Å²) in [7, 11) is 1.62. The smallest absolute Gasteiger partial charge is 0.320 e. The molecule has 2 aromatic heterocycles. The summed E-state index contributed by atoms with van der Waals surface area (Å²) in [5.74, 6) is 0.300. The fourth-order valence-corrected chi connectivity index (χ4v) is 4.39. The molecule has 0 spiro atoms. The number of ether oxygens (including phenoxy) is 4. The Balaban J connectivity index is 1.69. The number of nitrogens with zero attached hydrogens (tertiary/aromatic N) is 4. The molecular formula is C21H33N5O4. The molecule has 9 nitrogen and oxygen atoms in total. The number of nitrogen functional groups attached to an aromatic ring is 1. The predicted molar refractivity (Wildman–Crippen MR) is 113 cm³/mol. The van der Waals surface area contributed by atoms with Crippen LogP contribution >= 0.6 is 0 Å². The normalized spacial score (nSPS) is 22.6. The number of imidazole rings is 1. The number of aromatic nitrogens is 4. The van der Waals surface area contributed by atoms with Crippen molar-refractivity contribution in [3.05, 3.63) is 0 Å². The second-order valence-electron chi connectivity index (χ2n) is 8.07. The Kier molecular flexibility index (Phi) is 6.89. The molecule has 0 aliphatic carbocycles. The van der Waals surface area contributed by atoms with Gasteiger partial charge in [0, 0.05) is 13.2 Å². The van der Waals surface area contributed by atoms with E-state index in [2.05, 4.69) is 21.9 Å². The number of anilines is 1. The summed E-state index contributed by atoms with van der Waals surface area (Å²) < 4.78 is 25.4. The van der Waals surface area contributed by atoms with Crippen LogP contribution < -0.4 is 15.2 Å². The number of unbranched alkanes of at least 4 members (excludes halogenated alkanes) is 1. The van der Waals surface area contributed by atoms with E-state index >= 15 is 0 Å². The minimum absolute atomic E-state index is 0.0365. The van der Waals surface area contributed by atoms with Crippen LogP contribution in [0.3, 0.4) is 0 Å². The maximum atomic E-state index is 6.21. The molecule has 0 saturated carbocycles. The highest BCUT2D eigenvalue weighted by molar-refractivity contribution is 5.83. The summed E-state index contributed by atoms with van der Waals surface area (Å²) in [6, 6.07) is 0.793. The molecular weight excluding hydrogens is 386 g/mol. The van der Waals surface area contributed by atoms with Gasteiger partial charge >= 0.3 is 6.01 Å². The number of hydrogen-bond acceptors (Lipinski definition) is 8. The topological polar surface area (TPSA) is 107 Å². The molecule has 2 saturated heterocycles. The highest BCUT2D eigenvalue weighted by Gasteiger charge is 2.33. The predicted octanol–water partition coefficient (Wildman–Crippen LogP) is 3.28. The van der Waals surface area contributed by atoms with E-state index in [4.69, 9.17) is 24.7 Å². The fourth-order valence-electron chi connectivity index (χ4n) is 4.39. The van der Waals surface area contributed by atoms with Gasteiger partial charge in [-0.25, -0.2) is 0 Å². The fraction of sp³-hybridized carbons (Fsp3) is 0.762. The zero-order valence-corrected chi connectivity index (χ0v) is 18.0. The first-order chi connectivity index (χ1) is 14.7. The highest BCUT2D eigenvalue weighted by atomic mass is 16.5. The lowest BCUT2D eigenvalue weighted by molar-refractivity contribution is 0.0484. The van der Waals surface area contributed by atoms with Gasteiger partial charge in [-0.1, -0.05) is 13.3 Å². The Labute approximate surface area is 177 Å². The number of fused-ring (bicyclic) bond motifs is 1. The van der Waals surface area contributed by atoms with E-state index in [0.29, 0.717) is 35.7 Å². The van der Waals surface area contributed by atoms with Crippen LogP contribution in [-0.2, 0) is 9.47 Å². The van der Waals surface area contributed by atoms with E-state index in [9.17, 15) is 0 Å². The van der Waals surface area contributed by atoms with E-state index in [1.54, 1.807) is 7.11 Å². The first-order valence-electron chi connectivity index (χ1n) is 11.2. The van der Waals surface area contributed by atoms with Crippen molar-refractivity contribution in [3.8, 4) is 12.0 Å². The van der Waals surface area contributed by atoms with Crippen molar-refractivity contribution in [2.45, 2.75) is 76.5 Å². The van der Waals surface area contributed by atoms with Crippen LogP contribution in [0.1, 0.15) is 64.3 Å². The molecule has 4 heterocycles. The minimum atomic E-state index is 0.0365. The summed E-state index contributed by atoms with van der Waals surface area (Å²) >= 11 is 0. The molecule has 2 aliphatic rings. The highest BCUT2D eigenvalue weighted by Crippen LogP contribution is 2.37. The Hall–Kier alpha value is -2.13. The van der Waals surface area contributed by atoms with Gasteiger partial charge in [0.25, 0.3) is 6.01 Å². The van der Waals surface area contributed by atoms with Gasteiger partial charge in [0.05, 0.1) is 32.0 Å². The second kappa shape index (κ2) is 9.78. The molecule has 2 N–H and O–H groups in total. The van der Waals surface area contributed by atoms with Crippen molar-refractivity contribution in [1.29, 1.82) is 0 Å². The average Bonchev–Trinajstić information content (AvgIpc) is 3.50. The summed E-state index contributed by atoms with van der Waals surface area (Å²) in [6.07, 6.45) is 8.52. The molecule has 2 aliphatic heterocycles. The monoisotopic (exact) mass is 419 g/mol. The third kappa shape index (κ3) is 4.46. The van der Waals surface area contributed by atoms with E-state index in [1.165, 1.54) is 0 Å². The van der Waals surface area contributed by atoms with Crippen molar-refractivity contribution < 1.29 is 18.9 Å². The van der Waals surface area contributed by atoms with Gasteiger partial charge in [0.15, 0.2) is 17.0 Å². The third-order valence-electron chi connectivity index (χ3n) is 5.96. The maximum Gasteiger partial charge on any atom is 0.320 e. The molecule has 4 rings (SSSR count). The number of rotatable bonds is 10. The second-order valence-corrected chi connectivity index (χ2v) is 8.07. The van der Waals surface area contributed by atoms with Gasteiger partial charge < -0.3 is 24.7 Å². The lowest BCUT2D eigenvalue weighted by Gasteiger charge is -2.26. The molecule has 30 heavy (non-hydrogen) atoms. The number of hydrogen-bond donors (Lipinski definition) is 1. The third-order valence-corrected chi connectivity index (χ3v) is 5.96.